The van der Waals surface area contributed by atoms with Crippen molar-refractivity contribution in [3.63, 3.8) is 0 Å². The summed E-state index contributed by atoms with van der Waals surface area (Å²) in [6.45, 7) is 2.47. The Kier molecular flexibility index (Phi) is 7.29. The van der Waals surface area contributed by atoms with Crippen molar-refractivity contribution >= 4 is 33.2 Å². The molecule has 1 atom stereocenters. The highest BCUT2D eigenvalue weighted by atomic mass is 35.5. The van der Waals surface area contributed by atoms with Crippen LogP contribution in [0.5, 0.6) is 11.5 Å². The Hall–Kier alpha value is -3.23. The second-order valence-electron chi connectivity index (χ2n) is 7.66. The van der Waals surface area contributed by atoms with Crippen LogP contribution in [0.25, 0.3) is 0 Å². The number of nitrogens with zero attached hydrogens (tertiary/aromatic N) is 1. The molecule has 0 saturated carbocycles. The molecule has 0 aliphatic carbocycles. The van der Waals surface area contributed by atoms with Crippen molar-refractivity contribution in [1.82, 2.24) is 5.32 Å². The van der Waals surface area contributed by atoms with E-state index >= 15 is 0 Å². The monoisotopic (exact) mass is 500 g/mol. The first-order valence-electron chi connectivity index (χ1n) is 10.9. The van der Waals surface area contributed by atoms with Crippen molar-refractivity contribution in [2.24, 2.45) is 0 Å². The van der Waals surface area contributed by atoms with Crippen LogP contribution in [-0.4, -0.2) is 40.1 Å². The maximum atomic E-state index is 13.6. The molecule has 34 heavy (non-hydrogen) atoms. The quantitative estimate of drug-likeness (QED) is 0.504. The molecule has 4 rings (SSSR count). The van der Waals surface area contributed by atoms with E-state index in [1.54, 1.807) is 24.3 Å². The fourth-order valence-electron chi connectivity index (χ4n) is 3.70. The summed E-state index contributed by atoms with van der Waals surface area (Å²) in [5.74, 6) is 0.342. The molecule has 0 radical (unpaired) electrons. The molecule has 1 aliphatic heterocycles. The van der Waals surface area contributed by atoms with Crippen LogP contribution >= 0.6 is 11.6 Å². The lowest BCUT2D eigenvalue weighted by Crippen LogP contribution is -2.51. The maximum Gasteiger partial charge on any atom is 0.264 e. The van der Waals surface area contributed by atoms with E-state index < -0.39 is 16.1 Å². The number of hydrogen-bond donors (Lipinski definition) is 1. The normalized spacial score (nSPS) is 15.2. The molecule has 1 N–H and O–H groups in total. The molecule has 1 unspecified atom stereocenters. The van der Waals surface area contributed by atoms with Crippen LogP contribution in [0.2, 0.25) is 5.02 Å². The van der Waals surface area contributed by atoms with Gasteiger partial charge >= 0.3 is 0 Å². The zero-order valence-electron chi connectivity index (χ0n) is 18.6. The third kappa shape index (κ3) is 5.13. The fourth-order valence-corrected chi connectivity index (χ4v) is 5.50. The number of anilines is 1. The number of sulfonamides is 1. The van der Waals surface area contributed by atoms with Gasteiger partial charge in [-0.1, -0.05) is 54.1 Å². The van der Waals surface area contributed by atoms with Crippen molar-refractivity contribution in [1.29, 1.82) is 0 Å². The number of ether oxygens (including phenoxy) is 2. The Morgan fingerprint density at radius 2 is 1.85 bits per heavy atom. The van der Waals surface area contributed by atoms with E-state index in [0.717, 1.165) is 5.56 Å². The van der Waals surface area contributed by atoms with Crippen LogP contribution in [0.15, 0.2) is 77.7 Å². The topological polar surface area (TPSA) is 84.9 Å². The summed E-state index contributed by atoms with van der Waals surface area (Å²) in [6.07, 6.45) is -0.346. The molecule has 1 amide bonds. The SMILES string of the molecule is CCOc1ccc(S(=O)(=O)N2CC(C(=O)NCCc3ccccc3)Oc3ccccc32)cc1Cl. The number of hydrogen-bond acceptors (Lipinski definition) is 5. The first-order valence-corrected chi connectivity index (χ1v) is 12.7. The number of nitrogens with one attached hydrogen (secondary N) is 1. The minimum Gasteiger partial charge on any atom is -0.492 e. The second-order valence-corrected chi connectivity index (χ2v) is 9.93. The van der Waals surface area contributed by atoms with E-state index in [1.165, 1.54) is 22.5 Å². The van der Waals surface area contributed by atoms with Gasteiger partial charge in [-0.05, 0) is 49.2 Å². The van der Waals surface area contributed by atoms with Crippen LogP contribution in [0.4, 0.5) is 5.69 Å². The third-order valence-electron chi connectivity index (χ3n) is 5.37. The molecule has 0 fully saturated rings. The molecule has 0 bridgehead atoms. The fraction of sp³-hybridized carbons (Fsp3) is 0.240. The Morgan fingerprint density at radius 3 is 2.59 bits per heavy atom. The predicted octanol–water partition coefficient (Wildman–Crippen LogP) is 4.05. The average Bonchev–Trinajstić information content (AvgIpc) is 2.85. The lowest BCUT2D eigenvalue weighted by atomic mass is 10.1. The Labute approximate surface area is 204 Å². The molecule has 1 heterocycles. The van der Waals surface area contributed by atoms with Gasteiger partial charge in [-0.15, -0.1) is 0 Å². The summed E-state index contributed by atoms with van der Waals surface area (Å²) < 4.78 is 39.6. The molecule has 7 nitrogen and oxygen atoms in total. The van der Waals surface area contributed by atoms with Gasteiger partial charge in [0.15, 0.2) is 6.10 Å². The van der Waals surface area contributed by atoms with Gasteiger partial charge in [0.05, 0.1) is 28.8 Å². The van der Waals surface area contributed by atoms with E-state index in [-0.39, 0.29) is 22.4 Å². The number of benzene rings is 3. The number of fused-ring (bicyclic) bond motifs is 1. The van der Waals surface area contributed by atoms with Gasteiger partial charge < -0.3 is 14.8 Å². The molecule has 3 aromatic rings. The second kappa shape index (κ2) is 10.4. The van der Waals surface area contributed by atoms with Crippen LogP contribution in [0.1, 0.15) is 12.5 Å². The molecule has 0 saturated heterocycles. The summed E-state index contributed by atoms with van der Waals surface area (Å²) in [5, 5.41) is 3.05. The van der Waals surface area contributed by atoms with Crippen LogP contribution in [0.3, 0.4) is 0 Å². The van der Waals surface area contributed by atoms with Crippen molar-refractivity contribution < 1.29 is 22.7 Å². The van der Waals surface area contributed by atoms with E-state index in [4.69, 9.17) is 21.1 Å². The molecular weight excluding hydrogens is 476 g/mol. The summed E-state index contributed by atoms with van der Waals surface area (Å²) in [7, 11) is -4.03. The highest BCUT2D eigenvalue weighted by Crippen LogP contribution is 2.38. The molecule has 3 aromatic carbocycles. The van der Waals surface area contributed by atoms with Crippen LogP contribution < -0.4 is 19.1 Å². The third-order valence-corrected chi connectivity index (χ3v) is 7.45. The largest absolute Gasteiger partial charge is 0.492 e. The zero-order chi connectivity index (χ0) is 24.1. The molecule has 1 aliphatic rings. The lowest BCUT2D eigenvalue weighted by Gasteiger charge is -2.34. The zero-order valence-corrected chi connectivity index (χ0v) is 20.2. The predicted molar refractivity (Wildman–Crippen MR) is 131 cm³/mol. The minimum absolute atomic E-state index is 0.000826. The molecular formula is C25H25ClN2O5S. The van der Waals surface area contributed by atoms with Gasteiger partial charge in [-0.25, -0.2) is 8.42 Å². The van der Waals surface area contributed by atoms with E-state index in [2.05, 4.69) is 5.32 Å². The standard InChI is InChI=1S/C25H25ClN2O5S/c1-2-32-22-13-12-19(16-20(22)26)34(30,31)28-17-24(33-23-11-7-6-10-21(23)28)25(29)27-15-14-18-8-4-3-5-9-18/h3-13,16,24H,2,14-15,17H2,1H3,(H,27,29). The highest BCUT2D eigenvalue weighted by Gasteiger charge is 2.37. The highest BCUT2D eigenvalue weighted by molar-refractivity contribution is 7.92. The Bertz CT molecular complexity index is 1270. The Balaban J connectivity index is 1.55. The van der Waals surface area contributed by atoms with Crippen LogP contribution in [-0.2, 0) is 21.2 Å². The van der Waals surface area contributed by atoms with Gasteiger partial charge in [0.2, 0.25) is 0 Å². The number of rotatable bonds is 8. The van der Waals surface area contributed by atoms with Gasteiger partial charge in [0, 0.05) is 6.54 Å². The first-order chi connectivity index (χ1) is 16.4. The van der Waals surface area contributed by atoms with Gasteiger partial charge in [0.25, 0.3) is 15.9 Å². The summed E-state index contributed by atoms with van der Waals surface area (Å²) in [6, 6.07) is 20.8. The van der Waals surface area contributed by atoms with Crippen molar-refractivity contribution in [3.8, 4) is 11.5 Å². The number of carbonyl (C=O) groups is 1. The van der Waals surface area contributed by atoms with E-state index in [0.29, 0.717) is 36.8 Å². The lowest BCUT2D eigenvalue weighted by molar-refractivity contribution is -0.127. The summed E-state index contributed by atoms with van der Waals surface area (Å²) >= 11 is 6.24. The molecule has 0 spiro atoms. The minimum atomic E-state index is -4.03. The summed E-state index contributed by atoms with van der Waals surface area (Å²) in [5.41, 5.74) is 1.45. The molecule has 0 aromatic heterocycles. The van der Waals surface area contributed by atoms with Gasteiger partial charge in [0.1, 0.15) is 11.5 Å². The van der Waals surface area contributed by atoms with Gasteiger partial charge in [-0.2, -0.15) is 0 Å². The number of carbonyl (C=O) groups excluding carboxylic acids is 1. The molecule has 178 valence electrons. The first kappa shape index (κ1) is 23.9. The smallest absolute Gasteiger partial charge is 0.264 e. The number of halogens is 1. The van der Waals surface area contributed by atoms with E-state index in [1.807, 2.05) is 37.3 Å². The van der Waals surface area contributed by atoms with Gasteiger partial charge in [-0.3, -0.25) is 9.10 Å². The van der Waals surface area contributed by atoms with Crippen LogP contribution in [0, 0.1) is 0 Å². The van der Waals surface area contributed by atoms with E-state index in [9.17, 15) is 13.2 Å². The maximum absolute atomic E-state index is 13.6. The molecule has 9 heteroatoms. The average molecular weight is 501 g/mol. The van der Waals surface area contributed by atoms with Crippen molar-refractivity contribution in [3.05, 3.63) is 83.4 Å². The summed E-state index contributed by atoms with van der Waals surface area (Å²) in [4.78, 5) is 12.9. The van der Waals surface area contributed by atoms with Crippen molar-refractivity contribution in [2.75, 3.05) is 24.0 Å². The number of para-hydroxylation sites is 2. The van der Waals surface area contributed by atoms with Crippen molar-refractivity contribution in [2.45, 2.75) is 24.3 Å². The number of amides is 1. The Morgan fingerprint density at radius 1 is 1.12 bits per heavy atom.